The third-order valence-electron chi connectivity index (χ3n) is 5.12. The largest absolute Gasteiger partial charge is 0.467 e. The van der Waals surface area contributed by atoms with Gasteiger partial charge in [0, 0.05) is 57.9 Å². The Balaban J connectivity index is 1.39. The second kappa shape index (κ2) is 9.02. The highest BCUT2D eigenvalue weighted by Gasteiger charge is 2.27. The van der Waals surface area contributed by atoms with Gasteiger partial charge in [0.1, 0.15) is 5.75 Å². The first-order valence-electron chi connectivity index (χ1n) is 9.45. The molecule has 2 amide bonds. The quantitative estimate of drug-likeness (QED) is 0.681. The van der Waals surface area contributed by atoms with Crippen LogP contribution in [0.3, 0.4) is 0 Å². The number of nitrogens with zero attached hydrogens (tertiary/aromatic N) is 2. The lowest BCUT2D eigenvalue weighted by Crippen LogP contribution is -2.51. The molecule has 2 aromatic carbocycles. The second-order valence-electron chi connectivity index (χ2n) is 7.17. The molecule has 4 rings (SSSR count). The Morgan fingerprint density at radius 3 is 2.20 bits per heavy atom. The third-order valence-corrected chi connectivity index (χ3v) is 5.78. The first kappa shape index (κ1) is 21.2. The molecule has 2 aliphatic rings. The van der Waals surface area contributed by atoms with Gasteiger partial charge in [0.05, 0.1) is 13.0 Å². The molecule has 0 aromatic heterocycles. The number of hydrogen-bond donors (Lipinski definition) is 0. The molecule has 0 radical (unpaired) electrons. The van der Waals surface area contributed by atoms with Gasteiger partial charge in [-0.25, -0.2) is 0 Å². The molecule has 2 heterocycles. The number of halogens is 3. The summed E-state index contributed by atoms with van der Waals surface area (Å²) in [6.07, 6.45) is 0.181. The zero-order valence-electron chi connectivity index (χ0n) is 16.0. The van der Waals surface area contributed by atoms with Crippen LogP contribution >= 0.6 is 34.8 Å². The number of piperazine rings is 1. The first-order valence-corrected chi connectivity index (χ1v) is 10.6. The van der Waals surface area contributed by atoms with Crippen LogP contribution in [0.2, 0.25) is 15.1 Å². The van der Waals surface area contributed by atoms with E-state index in [0.717, 1.165) is 11.1 Å². The van der Waals surface area contributed by atoms with Crippen LogP contribution in [0.1, 0.15) is 21.5 Å². The number of carbonyl (C=O) groups is 2. The van der Waals surface area contributed by atoms with Gasteiger partial charge >= 0.3 is 0 Å². The van der Waals surface area contributed by atoms with Gasteiger partial charge in [-0.1, -0.05) is 34.8 Å². The van der Waals surface area contributed by atoms with Gasteiger partial charge < -0.3 is 19.3 Å². The Bertz CT molecular complexity index is 970. The number of amides is 2. The fraction of sp³-hybridized carbons (Fsp3) is 0.333. The average Bonchev–Trinajstić information content (AvgIpc) is 2.72. The molecule has 6 nitrogen and oxygen atoms in total. The van der Waals surface area contributed by atoms with Crippen LogP contribution in [0.25, 0.3) is 0 Å². The van der Waals surface area contributed by atoms with Crippen molar-refractivity contribution in [3.8, 4) is 5.75 Å². The minimum absolute atomic E-state index is 0.0348. The maximum atomic E-state index is 12.9. The molecule has 0 aliphatic carbocycles. The van der Waals surface area contributed by atoms with Gasteiger partial charge in [0.2, 0.25) is 5.91 Å². The van der Waals surface area contributed by atoms with Crippen LogP contribution in [0.5, 0.6) is 5.75 Å². The molecular weight excluding hydrogens is 451 g/mol. The van der Waals surface area contributed by atoms with Gasteiger partial charge in [-0.05, 0) is 30.3 Å². The normalized spacial score (nSPS) is 16.1. The highest BCUT2D eigenvalue weighted by Crippen LogP contribution is 2.32. The zero-order valence-corrected chi connectivity index (χ0v) is 18.3. The Labute approximate surface area is 189 Å². The number of hydrogen-bond acceptors (Lipinski definition) is 4. The van der Waals surface area contributed by atoms with E-state index < -0.39 is 0 Å². The van der Waals surface area contributed by atoms with Gasteiger partial charge in [-0.3, -0.25) is 9.59 Å². The van der Waals surface area contributed by atoms with Crippen LogP contribution in [0.15, 0.2) is 30.3 Å². The van der Waals surface area contributed by atoms with Crippen molar-refractivity contribution in [2.75, 3.05) is 33.0 Å². The highest BCUT2D eigenvalue weighted by atomic mass is 35.5. The average molecular weight is 470 g/mol. The molecule has 1 fully saturated rings. The summed E-state index contributed by atoms with van der Waals surface area (Å²) in [4.78, 5) is 29.0. The molecule has 0 atom stereocenters. The van der Waals surface area contributed by atoms with E-state index in [9.17, 15) is 9.59 Å². The fourth-order valence-corrected chi connectivity index (χ4v) is 4.47. The zero-order chi connectivity index (χ0) is 21.3. The van der Waals surface area contributed by atoms with Crippen molar-refractivity contribution in [2.24, 2.45) is 0 Å². The molecule has 0 N–H and O–H groups in total. The standard InChI is InChI=1S/C21H19Cl3N2O4/c22-16-5-13(20-15(8-16)11-29-12-30-20)9-19(27)25-1-3-26(4-2-25)21(28)14-6-17(23)10-18(24)7-14/h5-8,10H,1-4,9,11-12H2. The van der Waals surface area contributed by atoms with E-state index >= 15 is 0 Å². The van der Waals surface area contributed by atoms with Gasteiger partial charge in [-0.15, -0.1) is 0 Å². The first-order chi connectivity index (χ1) is 14.4. The molecule has 0 saturated carbocycles. The second-order valence-corrected chi connectivity index (χ2v) is 8.48. The van der Waals surface area contributed by atoms with Crippen molar-refractivity contribution in [1.29, 1.82) is 0 Å². The summed E-state index contributed by atoms with van der Waals surface area (Å²) in [5.41, 5.74) is 2.03. The Morgan fingerprint density at radius 2 is 1.50 bits per heavy atom. The van der Waals surface area contributed by atoms with Gasteiger partial charge in [0.15, 0.2) is 6.79 Å². The summed E-state index contributed by atoms with van der Waals surface area (Å²) in [7, 11) is 0. The maximum Gasteiger partial charge on any atom is 0.254 e. The summed E-state index contributed by atoms with van der Waals surface area (Å²) in [5.74, 6) is 0.488. The number of rotatable bonds is 3. The lowest BCUT2D eigenvalue weighted by atomic mass is 10.0. The van der Waals surface area contributed by atoms with Crippen LogP contribution < -0.4 is 4.74 Å². The molecule has 1 saturated heterocycles. The van der Waals surface area contributed by atoms with E-state index in [2.05, 4.69) is 0 Å². The van der Waals surface area contributed by atoms with Crippen LogP contribution in [0, 0.1) is 0 Å². The van der Waals surface area contributed by atoms with E-state index in [1.807, 2.05) is 0 Å². The number of carbonyl (C=O) groups excluding carboxylic acids is 2. The summed E-state index contributed by atoms with van der Waals surface area (Å²) in [6, 6.07) is 8.32. The molecular formula is C21H19Cl3N2O4. The van der Waals surface area contributed by atoms with Gasteiger partial charge in [0.25, 0.3) is 5.91 Å². The van der Waals surface area contributed by atoms with Crippen LogP contribution in [-0.2, 0) is 22.6 Å². The number of ether oxygens (including phenoxy) is 2. The highest BCUT2D eigenvalue weighted by molar-refractivity contribution is 6.35. The van der Waals surface area contributed by atoms with E-state index in [-0.39, 0.29) is 25.0 Å². The molecule has 0 spiro atoms. The molecule has 158 valence electrons. The lowest BCUT2D eigenvalue weighted by molar-refractivity contribution is -0.132. The van der Waals surface area contributed by atoms with E-state index in [4.69, 9.17) is 44.3 Å². The van der Waals surface area contributed by atoms with E-state index in [0.29, 0.717) is 59.2 Å². The summed E-state index contributed by atoms with van der Waals surface area (Å²) in [6.45, 7) is 2.34. The Hall–Kier alpha value is -1.99. The maximum absolute atomic E-state index is 12.9. The fourth-order valence-electron chi connectivity index (χ4n) is 3.68. The molecule has 30 heavy (non-hydrogen) atoms. The molecule has 2 aromatic rings. The van der Waals surface area contributed by atoms with Crippen LogP contribution in [0.4, 0.5) is 0 Å². The minimum atomic E-state index is -0.149. The smallest absolute Gasteiger partial charge is 0.254 e. The monoisotopic (exact) mass is 468 g/mol. The molecule has 9 heteroatoms. The summed E-state index contributed by atoms with van der Waals surface area (Å²) < 4.78 is 10.9. The predicted octanol–water partition coefficient (Wildman–Crippen LogP) is 4.04. The minimum Gasteiger partial charge on any atom is -0.467 e. The molecule has 0 unspecified atom stereocenters. The van der Waals surface area contributed by atoms with Crippen molar-refractivity contribution < 1.29 is 19.1 Å². The lowest BCUT2D eigenvalue weighted by Gasteiger charge is -2.35. The van der Waals surface area contributed by atoms with Crippen molar-refractivity contribution >= 4 is 46.6 Å². The molecule has 0 bridgehead atoms. The molecule has 2 aliphatic heterocycles. The predicted molar refractivity (Wildman–Crippen MR) is 114 cm³/mol. The van der Waals surface area contributed by atoms with Crippen molar-refractivity contribution in [2.45, 2.75) is 13.0 Å². The Kier molecular flexibility index (Phi) is 6.39. The van der Waals surface area contributed by atoms with E-state index in [1.165, 1.54) is 0 Å². The van der Waals surface area contributed by atoms with Crippen LogP contribution in [-0.4, -0.2) is 54.6 Å². The van der Waals surface area contributed by atoms with Crippen molar-refractivity contribution in [1.82, 2.24) is 9.80 Å². The topological polar surface area (TPSA) is 59.1 Å². The van der Waals surface area contributed by atoms with Gasteiger partial charge in [-0.2, -0.15) is 0 Å². The third kappa shape index (κ3) is 4.67. The number of benzene rings is 2. The van der Waals surface area contributed by atoms with Crippen molar-refractivity contribution in [3.05, 3.63) is 62.1 Å². The van der Waals surface area contributed by atoms with E-state index in [1.54, 1.807) is 40.1 Å². The van der Waals surface area contributed by atoms with Crippen molar-refractivity contribution in [3.63, 3.8) is 0 Å². The summed E-state index contributed by atoms with van der Waals surface area (Å²) in [5, 5.41) is 1.37. The number of fused-ring (bicyclic) bond motifs is 1. The Morgan fingerprint density at radius 1 is 0.867 bits per heavy atom. The SMILES string of the molecule is O=C(Cc1cc(Cl)cc2c1OCOC2)N1CCN(C(=O)c2cc(Cl)cc(Cl)c2)CC1. The summed E-state index contributed by atoms with van der Waals surface area (Å²) >= 11 is 18.2.